The smallest absolute Gasteiger partial charge is 0.246 e. The van der Waals surface area contributed by atoms with Crippen LogP contribution in [0.4, 0.5) is 0 Å². The second-order valence-corrected chi connectivity index (χ2v) is 13.7. The van der Waals surface area contributed by atoms with Crippen molar-refractivity contribution < 1.29 is 19.2 Å². The maximum absolute atomic E-state index is 14.2. The van der Waals surface area contributed by atoms with Gasteiger partial charge in [0.15, 0.2) is 0 Å². The number of nitrogens with zero attached hydrogens (tertiary/aromatic N) is 3. The summed E-state index contributed by atoms with van der Waals surface area (Å²) >= 11 is 18.5. The Bertz CT molecular complexity index is 1750. The molecule has 8 nitrogen and oxygen atoms in total. The number of piperazine rings is 1. The van der Waals surface area contributed by atoms with E-state index >= 15 is 0 Å². The maximum Gasteiger partial charge on any atom is 0.246 e. The summed E-state index contributed by atoms with van der Waals surface area (Å²) in [6.07, 6.45) is 1.08. The van der Waals surface area contributed by atoms with Crippen LogP contribution >= 0.6 is 34.8 Å². The van der Waals surface area contributed by atoms with E-state index in [0.29, 0.717) is 34.3 Å². The highest BCUT2D eigenvalue weighted by atomic mass is 35.5. The Balaban J connectivity index is 1.39. The first-order valence-corrected chi connectivity index (χ1v) is 17.6. The van der Waals surface area contributed by atoms with Gasteiger partial charge in [0, 0.05) is 40.6 Å². The van der Waals surface area contributed by atoms with Crippen molar-refractivity contribution in [2.45, 2.75) is 37.6 Å². The number of carbonyl (C=O) groups excluding carboxylic acids is 4. The van der Waals surface area contributed by atoms with Gasteiger partial charge in [-0.15, -0.1) is 0 Å². The average molecular weight is 734 g/mol. The second-order valence-electron chi connectivity index (χ2n) is 12.4. The van der Waals surface area contributed by atoms with Crippen LogP contribution in [-0.4, -0.2) is 77.1 Å². The highest BCUT2D eigenvalue weighted by Gasteiger charge is 2.41. The minimum Gasteiger partial charge on any atom is -0.368 e. The molecule has 1 aliphatic heterocycles. The molecule has 0 radical (unpaired) electrons. The summed E-state index contributed by atoms with van der Waals surface area (Å²) in [6, 6.07) is 31.3. The van der Waals surface area contributed by atoms with Crippen LogP contribution in [0.3, 0.4) is 0 Å². The van der Waals surface area contributed by atoms with Crippen LogP contribution < -0.4 is 5.73 Å². The molecule has 4 amide bonds. The fraction of sp³-hybridized carbons (Fsp3) is 0.282. The molecule has 2 N–H and O–H groups in total. The van der Waals surface area contributed by atoms with E-state index in [2.05, 4.69) is 0 Å². The largest absolute Gasteiger partial charge is 0.368 e. The van der Waals surface area contributed by atoms with Gasteiger partial charge in [0.05, 0.1) is 19.5 Å². The molecule has 1 aliphatic rings. The molecule has 4 aromatic carbocycles. The summed E-state index contributed by atoms with van der Waals surface area (Å²) in [5, 5.41) is 1.56. The van der Waals surface area contributed by atoms with Crippen molar-refractivity contribution in [1.82, 2.24) is 14.7 Å². The van der Waals surface area contributed by atoms with Gasteiger partial charge < -0.3 is 20.4 Å². The van der Waals surface area contributed by atoms with E-state index in [1.54, 1.807) is 30.3 Å². The predicted octanol–water partition coefficient (Wildman–Crippen LogP) is 6.40. The summed E-state index contributed by atoms with van der Waals surface area (Å²) in [5.74, 6) is -1.76. The van der Waals surface area contributed by atoms with E-state index in [1.165, 1.54) is 14.7 Å². The van der Waals surface area contributed by atoms with Crippen molar-refractivity contribution in [3.63, 3.8) is 0 Å². The number of carbonyl (C=O) groups is 4. The summed E-state index contributed by atoms with van der Waals surface area (Å²) in [5.41, 5.74) is 9.42. The normalized spacial score (nSPS) is 14.7. The fourth-order valence-corrected chi connectivity index (χ4v) is 6.98. The van der Waals surface area contributed by atoms with E-state index in [0.717, 1.165) is 22.3 Å². The molecular weight excluding hydrogens is 695 g/mol. The van der Waals surface area contributed by atoms with Crippen molar-refractivity contribution in [3.8, 4) is 0 Å². The van der Waals surface area contributed by atoms with Crippen molar-refractivity contribution >= 4 is 58.4 Å². The van der Waals surface area contributed by atoms with Gasteiger partial charge in [-0.25, -0.2) is 0 Å². The van der Waals surface area contributed by atoms with Crippen molar-refractivity contribution in [1.29, 1.82) is 0 Å². The molecule has 11 heteroatoms. The van der Waals surface area contributed by atoms with E-state index in [1.807, 2.05) is 72.8 Å². The Morgan fingerprint density at radius 1 is 0.800 bits per heavy atom. The first-order valence-electron chi connectivity index (χ1n) is 16.5. The molecule has 260 valence electrons. The van der Waals surface area contributed by atoms with Gasteiger partial charge in [0.2, 0.25) is 23.6 Å². The third kappa shape index (κ3) is 9.87. The van der Waals surface area contributed by atoms with Gasteiger partial charge in [-0.3, -0.25) is 19.2 Å². The van der Waals surface area contributed by atoms with Crippen LogP contribution in [0.15, 0.2) is 103 Å². The molecule has 1 saturated heterocycles. The molecule has 0 bridgehead atoms. The van der Waals surface area contributed by atoms with E-state index in [4.69, 9.17) is 40.5 Å². The molecule has 0 saturated carbocycles. The highest BCUT2D eigenvalue weighted by Crippen LogP contribution is 2.30. The van der Waals surface area contributed by atoms with Crippen molar-refractivity contribution in [3.05, 3.63) is 140 Å². The zero-order chi connectivity index (χ0) is 35.6. The topological polar surface area (TPSA) is 104 Å². The van der Waals surface area contributed by atoms with Crippen LogP contribution in [0.1, 0.15) is 41.0 Å². The monoisotopic (exact) mass is 732 g/mol. The standard InChI is InChI=1S/C39H39Cl3N4O4/c40-31-14-11-27(12-15-31)17-20-44(25-36(43)47)37(48)24-35-39(50)45(21-18-30-13-16-32(41)23-34(30)42)26-38(49)46(35)22-19-33(28-7-3-1-4-8-28)29-9-5-2-6-10-29/h1-16,23,33,35H,17-22,24-26H2,(H2,43,47). The SMILES string of the molecule is NC(=O)CN(CCc1ccc(Cl)cc1)C(=O)CC1C(=O)N(CCc2ccc(Cl)cc2Cl)CC(=O)N1CCC(c1ccccc1)c1ccccc1. The molecule has 1 heterocycles. The van der Waals surface area contributed by atoms with Gasteiger partial charge in [-0.1, -0.05) is 114 Å². The quantitative estimate of drug-likeness (QED) is 0.153. The lowest BCUT2D eigenvalue weighted by molar-refractivity contribution is -0.158. The zero-order valence-electron chi connectivity index (χ0n) is 27.5. The number of amides is 4. The van der Waals surface area contributed by atoms with E-state index in [9.17, 15) is 19.2 Å². The molecule has 5 rings (SSSR count). The molecule has 0 spiro atoms. The molecular formula is C39H39Cl3N4O4. The van der Waals surface area contributed by atoms with Crippen LogP contribution in [-0.2, 0) is 32.0 Å². The Labute approximate surface area is 307 Å². The van der Waals surface area contributed by atoms with Crippen LogP contribution in [0.25, 0.3) is 0 Å². The van der Waals surface area contributed by atoms with Crippen LogP contribution in [0, 0.1) is 0 Å². The fourth-order valence-electron chi connectivity index (χ4n) is 6.35. The summed E-state index contributed by atoms with van der Waals surface area (Å²) in [6.45, 7) is 0.222. The number of nitrogens with two attached hydrogens (primary N) is 1. The minimum atomic E-state index is -1.07. The second kappa shape index (κ2) is 17.5. The molecule has 1 fully saturated rings. The lowest BCUT2D eigenvalue weighted by Gasteiger charge is -2.41. The molecule has 50 heavy (non-hydrogen) atoms. The van der Waals surface area contributed by atoms with Gasteiger partial charge in [0.1, 0.15) is 6.04 Å². The Kier molecular flexibility index (Phi) is 12.9. The van der Waals surface area contributed by atoms with E-state index < -0.39 is 17.9 Å². The van der Waals surface area contributed by atoms with Crippen molar-refractivity contribution in [2.75, 3.05) is 32.7 Å². The summed E-state index contributed by atoms with van der Waals surface area (Å²) in [7, 11) is 0. The number of rotatable bonds is 15. The Morgan fingerprint density at radius 3 is 2.02 bits per heavy atom. The highest BCUT2D eigenvalue weighted by molar-refractivity contribution is 6.35. The average Bonchev–Trinajstić information content (AvgIpc) is 3.10. The Morgan fingerprint density at radius 2 is 1.42 bits per heavy atom. The third-order valence-corrected chi connectivity index (χ3v) is 9.84. The van der Waals surface area contributed by atoms with Crippen molar-refractivity contribution in [2.24, 2.45) is 5.73 Å². The van der Waals surface area contributed by atoms with Crippen LogP contribution in [0.2, 0.25) is 15.1 Å². The number of primary amides is 1. The molecule has 0 aliphatic carbocycles. The molecule has 1 unspecified atom stereocenters. The zero-order valence-corrected chi connectivity index (χ0v) is 29.8. The molecule has 0 aromatic heterocycles. The number of benzene rings is 4. The Hall–Kier alpha value is -4.37. The summed E-state index contributed by atoms with van der Waals surface area (Å²) in [4.78, 5) is 58.5. The van der Waals surface area contributed by atoms with Gasteiger partial charge in [-0.2, -0.15) is 0 Å². The summed E-state index contributed by atoms with van der Waals surface area (Å²) < 4.78 is 0. The van der Waals surface area contributed by atoms with Gasteiger partial charge in [0.25, 0.3) is 0 Å². The number of halogens is 3. The van der Waals surface area contributed by atoms with E-state index in [-0.39, 0.29) is 56.9 Å². The lowest BCUT2D eigenvalue weighted by Crippen LogP contribution is -2.61. The lowest BCUT2D eigenvalue weighted by atomic mass is 9.88. The minimum absolute atomic E-state index is 0.0486. The maximum atomic E-state index is 14.2. The number of hydrogen-bond acceptors (Lipinski definition) is 4. The molecule has 1 atom stereocenters. The van der Waals surface area contributed by atoms with Crippen LogP contribution in [0.5, 0.6) is 0 Å². The number of hydrogen-bond donors (Lipinski definition) is 1. The van der Waals surface area contributed by atoms with Gasteiger partial charge in [-0.05, 0) is 65.8 Å². The van der Waals surface area contributed by atoms with Gasteiger partial charge >= 0.3 is 0 Å². The third-order valence-electron chi connectivity index (χ3n) is 9.00. The first kappa shape index (κ1) is 36.9. The first-order chi connectivity index (χ1) is 24.1. The predicted molar refractivity (Wildman–Crippen MR) is 197 cm³/mol. The molecule has 4 aromatic rings.